The molecule has 1 amide bonds. The Bertz CT molecular complexity index is 740. The van der Waals surface area contributed by atoms with Gasteiger partial charge in [-0.3, -0.25) is 9.69 Å². The van der Waals surface area contributed by atoms with E-state index in [0.717, 1.165) is 56.8 Å². The van der Waals surface area contributed by atoms with E-state index in [4.69, 9.17) is 4.98 Å². The maximum absolute atomic E-state index is 12.6. The number of carbonyl (C=O) groups excluding carboxylic acids is 1. The maximum Gasteiger partial charge on any atom is 0.239 e. The summed E-state index contributed by atoms with van der Waals surface area (Å²) in [5.74, 6) is 1.85. The van der Waals surface area contributed by atoms with Crippen molar-refractivity contribution >= 4 is 11.7 Å². The van der Waals surface area contributed by atoms with Crippen LogP contribution >= 0.6 is 0 Å². The molecule has 2 aromatic heterocycles. The highest BCUT2D eigenvalue weighted by molar-refractivity contribution is 5.91. The zero-order valence-electron chi connectivity index (χ0n) is 15.5. The van der Waals surface area contributed by atoms with E-state index in [1.165, 1.54) is 24.2 Å². The topological polar surface area (TPSA) is 78.8 Å². The van der Waals surface area contributed by atoms with Crippen LogP contribution in [-0.2, 0) is 24.2 Å². The van der Waals surface area contributed by atoms with Gasteiger partial charge in [0.1, 0.15) is 11.6 Å². The zero-order chi connectivity index (χ0) is 17.9. The number of amides is 1. The molecule has 7 heteroatoms. The molecule has 0 aromatic carbocycles. The van der Waals surface area contributed by atoms with Crippen molar-refractivity contribution < 1.29 is 4.79 Å². The molecule has 4 rings (SSSR count). The zero-order valence-corrected chi connectivity index (χ0v) is 15.5. The second-order valence-corrected chi connectivity index (χ2v) is 7.37. The molecule has 2 aliphatic rings. The van der Waals surface area contributed by atoms with E-state index >= 15 is 0 Å². The van der Waals surface area contributed by atoms with Gasteiger partial charge in [-0.05, 0) is 51.5 Å². The fraction of sp³-hybridized carbons (Fsp3) is 0.632. The number of nitrogens with one attached hydrogen (secondary N) is 2. The summed E-state index contributed by atoms with van der Waals surface area (Å²) in [4.78, 5) is 23.2. The number of nitrogens with zero attached hydrogens (tertiary/aromatic N) is 4. The molecule has 3 heterocycles. The largest absolute Gasteiger partial charge is 0.344 e. The third-order valence-corrected chi connectivity index (χ3v) is 5.42. The Morgan fingerprint density at radius 3 is 3.08 bits per heavy atom. The molecule has 1 aliphatic carbocycles. The van der Waals surface area contributed by atoms with Crippen LogP contribution in [0.1, 0.15) is 62.3 Å². The number of imidazole rings is 1. The molecule has 1 atom stereocenters. The fourth-order valence-corrected chi connectivity index (χ4v) is 4.15. The number of aryl methyl sites for hydroxylation is 3. The van der Waals surface area contributed by atoms with Gasteiger partial charge in [0.05, 0.1) is 24.5 Å². The SMILES string of the molecule is CCCn1nccc1NC(=O)CN1CCCC1c1nc2c([nH]1)CCCC2. The van der Waals surface area contributed by atoms with Crippen molar-refractivity contribution in [2.75, 3.05) is 18.4 Å². The Kier molecular flexibility index (Phi) is 5.06. The van der Waals surface area contributed by atoms with E-state index in [1.54, 1.807) is 6.20 Å². The average molecular weight is 356 g/mol. The minimum atomic E-state index is 0.0195. The van der Waals surface area contributed by atoms with Gasteiger partial charge in [0.2, 0.25) is 5.91 Å². The molecule has 0 spiro atoms. The van der Waals surface area contributed by atoms with Gasteiger partial charge in [-0.1, -0.05) is 6.92 Å². The van der Waals surface area contributed by atoms with Crippen molar-refractivity contribution in [2.24, 2.45) is 0 Å². The molecule has 0 radical (unpaired) electrons. The molecule has 2 aromatic rings. The second-order valence-electron chi connectivity index (χ2n) is 7.37. The Balaban J connectivity index is 1.41. The van der Waals surface area contributed by atoms with Gasteiger partial charge >= 0.3 is 0 Å². The summed E-state index contributed by atoms with van der Waals surface area (Å²) in [6.45, 7) is 4.25. The van der Waals surface area contributed by atoms with Crippen LogP contribution in [0.4, 0.5) is 5.82 Å². The maximum atomic E-state index is 12.6. The number of hydrogen-bond donors (Lipinski definition) is 2. The van der Waals surface area contributed by atoms with E-state index < -0.39 is 0 Å². The second kappa shape index (κ2) is 7.61. The highest BCUT2D eigenvalue weighted by atomic mass is 16.2. The lowest BCUT2D eigenvalue weighted by molar-refractivity contribution is -0.117. The van der Waals surface area contributed by atoms with Crippen LogP contribution in [0, 0.1) is 0 Å². The molecule has 1 fully saturated rings. The van der Waals surface area contributed by atoms with Crippen LogP contribution in [0.5, 0.6) is 0 Å². The van der Waals surface area contributed by atoms with Gasteiger partial charge in [0.15, 0.2) is 0 Å². The quantitative estimate of drug-likeness (QED) is 0.834. The van der Waals surface area contributed by atoms with Crippen molar-refractivity contribution in [3.8, 4) is 0 Å². The van der Waals surface area contributed by atoms with Crippen molar-refractivity contribution in [1.29, 1.82) is 0 Å². The first-order valence-corrected chi connectivity index (χ1v) is 9.88. The van der Waals surface area contributed by atoms with Crippen LogP contribution in [-0.4, -0.2) is 43.6 Å². The Labute approximate surface area is 154 Å². The van der Waals surface area contributed by atoms with Gasteiger partial charge in [0, 0.05) is 18.3 Å². The first-order chi connectivity index (χ1) is 12.7. The van der Waals surface area contributed by atoms with Gasteiger partial charge in [-0.2, -0.15) is 5.10 Å². The molecule has 1 unspecified atom stereocenters. The number of likely N-dealkylation sites (tertiary alicyclic amines) is 1. The monoisotopic (exact) mass is 356 g/mol. The van der Waals surface area contributed by atoms with E-state index in [2.05, 4.69) is 27.2 Å². The minimum Gasteiger partial charge on any atom is -0.344 e. The van der Waals surface area contributed by atoms with Crippen LogP contribution in [0.15, 0.2) is 12.3 Å². The third-order valence-electron chi connectivity index (χ3n) is 5.42. The van der Waals surface area contributed by atoms with Crippen molar-refractivity contribution in [3.63, 3.8) is 0 Å². The van der Waals surface area contributed by atoms with Crippen molar-refractivity contribution in [1.82, 2.24) is 24.6 Å². The summed E-state index contributed by atoms with van der Waals surface area (Å²) in [5.41, 5.74) is 2.55. The first-order valence-electron chi connectivity index (χ1n) is 9.88. The van der Waals surface area contributed by atoms with Crippen LogP contribution < -0.4 is 5.32 Å². The minimum absolute atomic E-state index is 0.0195. The Hall–Kier alpha value is -2.15. The highest BCUT2D eigenvalue weighted by Gasteiger charge is 2.31. The number of rotatable bonds is 6. The number of aromatic amines is 1. The number of anilines is 1. The van der Waals surface area contributed by atoms with Gasteiger partial charge in [-0.15, -0.1) is 0 Å². The van der Waals surface area contributed by atoms with E-state index in [9.17, 15) is 4.79 Å². The number of aromatic nitrogens is 4. The molecule has 2 N–H and O–H groups in total. The van der Waals surface area contributed by atoms with Gasteiger partial charge in [-0.25, -0.2) is 9.67 Å². The average Bonchev–Trinajstić information content (AvgIpc) is 3.34. The Morgan fingerprint density at radius 2 is 2.23 bits per heavy atom. The van der Waals surface area contributed by atoms with E-state index in [1.807, 2.05) is 10.7 Å². The third kappa shape index (κ3) is 3.53. The molecule has 1 saturated heterocycles. The van der Waals surface area contributed by atoms with Crippen molar-refractivity contribution in [3.05, 3.63) is 29.5 Å². The lowest BCUT2D eigenvalue weighted by Crippen LogP contribution is -2.33. The molecule has 26 heavy (non-hydrogen) atoms. The van der Waals surface area contributed by atoms with E-state index in [0.29, 0.717) is 6.54 Å². The molecule has 0 bridgehead atoms. The molecular formula is C19H28N6O. The van der Waals surface area contributed by atoms with Crippen LogP contribution in [0.25, 0.3) is 0 Å². The highest BCUT2D eigenvalue weighted by Crippen LogP contribution is 2.32. The molecule has 140 valence electrons. The van der Waals surface area contributed by atoms with Crippen molar-refractivity contribution in [2.45, 2.75) is 64.5 Å². The summed E-state index contributed by atoms with van der Waals surface area (Å²) in [6, 6.07) is 2.09. The normalized spacial score (nSPS) is 20.3. The van der Waals surface area contributed by atoms with E-state index in [-0.39, 0.29) is 11.9 Å². The Morgan fingerprint density at radius 1 is 1.35 bits per heavy atom. The van der Waals surface area contributed by atoms with Gasteiger partial charge < -0.3 is 10.3 Å². The summed E-state index contributed by atoms with van der Waals surface area (Å²) in [5, 5.41) is 7.28. The first kappa shape index (κ1) is 17.3. The summed E-state index contributed by atoms with van der Waals surface area (Å²) in [7, 11) is 0. The fourth-order valence-electron chi connectivity index (χ4n) is 4.15. The summed E-state index contributed by atoms with van der Waals surface area (Å²) in [6.07, 6.45) is 9.57. The lowest BCUT2D eigenvalue weighted by atomic mass is 10.0. The predicted octanol–water partition coefficient (Wildman–Crippen LogP) is 2.67. The van der Waals surface area contributed by atoms with Gasteiger partial charge in [0.25, 0.3) is 0 Å². The smallest absolute Gasteiger partial charge is 0.239 e. The predicted molar refractivity (Wildman–Crippen MR) is 99.9 cm³/mol. The lowest BCUT2D eigenvalue weighted by Gasteiger charge is -2.22. The number of hydrogen-bond acceptors (Lipinski definition) is 4. The number of carbonyl (C=O) groups is 1. The number of H-pyrrole nitrogens is 1. The summed E-state index contributed by atoms with van der Waals surface area (Å²) >= 11 is 0. The number of fused-ring (bicyclic) bond motifs is 1. The molecular weight excluding hydrogens is 328 g/mol. The molecule has 7 nitrogen and oxygen atoms in total. The standard InChI is InChI=1S/C19H28N6O/c1-2-11-25-17(9-10-20-25)23-18(26)13-24-12-5-8-16(24)19-21-14-6-3-4-7-15(14)22-19/h9-10,16H,2-8,11-13H2,1H3,(H,21,22)(H,23,26). The van der Waals surface area contributed by atoms with Crippen LogP contribution in [0.3, 0.4) is 0 Å². The molecule has 0 saturated carbocycles. The van der Waals surface area contributed by atoms with Crippen LogP contribution in [0.2, 0.25) is 0 Å². The summed E-state index contributed by atoms with van der Waals surface area (Å²) < 4.78 is 1.85. The molecule has 1 aliphatic heterocycles.